The van der Waals surface area contributed by atoms with Crippen LogP contribution in [0.4, 0.5) is 28.0 Å². The molecule has 0 unspecified atom stereocenters. The molecular weight excluding hydrogens is 538 g/mol. The van der Waals surface area contributed by atoms with Crippen LogP contribution in [0.2, 0.25) is 0 Å². The Morgan fingerprint density at radius 1 is 1.10 bits per heavy atom. The summed E-state index contributed by atoms with van der Waals surface area (Å²) in [7, 11) is 1.36. The van der Waals surface area contributed by atoms with Gasteiger partial charge in [-0.15, -0.1) is 0 Å². The highest BCUT2D eigenvalue weighted by molar-refractivity contribution is 6.16. The molecule has 40 heavy (non-hydrogen) atoms. The molecule has 14 heteroatoms. The molecule has 2 aromatic carbocycles. The van der Waals surface area contributed by atoms with Crippen LogP contribution in [-0.2, 0) is 15.8 Å². The van der Waals surface area contributed by atoms with Gasteiger partial charge in [0.15, 0.2) is 6.61 Å². The number of urea groups is 1. The van der Waals surface area contributed by atoms with Crippen molar-refractivity contribution in [2.24, 2.45) is 0 Å². The normalized spacial score (nSPS) is 16.8. The molecule has 0 aromatic heterocycles. The van der Waals surface area contributed by atoms with E-state index in [9.17, 15) is 36.7 Å². The summed E-state index contributed by atoms with van der Waals surface area (Å²) < 4.78 is 58.0. The predicted molar refractivity (Wildman–Crippen MR) is 130 cm³/mol. The standard InChI is InChI=1S/C26H23F4N5O5/c1-33-23(38)25(35(24(33)39)17-3-5-18(6-4-17)40-13-10-31)8-11-34(12-9-25)21(36)15-32-22(37)19-14-16(26(28,29)30)2-7-20(19)27/h2-7,14H,8-9,11-13,15H2,1H3,(H,32,37). The zero-order chi connectivity index (χ0) is 29.2. The zero-order valence-corrected chi connectivity index (χ0v) is 21.1. The first kappa shape index (κ1) is 28.3. The molecular formula is C26H23F4N5O5. The van der Waals surface area contributed by atoms with Gasteiger partial charge in [-0.2, -0.15) is 18.4 Å². The van der Waals surface area contributed by atoms with Crippen molar-refractivity contribution in [3.05, 3.63) is 59.4 Å². The van der Waals surface area contributed by atoms with Crippen LogP contribution in [0.5, 0.6) is 5.75 Å². The van der Waals surface area contributed by atoms with Gasteiger partial charge in [0.2, 0.25) is 5.91 Å². The lowest BCUT2D eigenvalue weighted by molar-refractivity contribution is -0.137. The van der Waals surface area contributed by atoms with Crippen molar-refractivity contribution < 1.29 is 41.5 Å². The number of nitrogens with zero attached hydrogens (tertiary/aromatic N) is 4. The SMILES string of the molecule is CN1C(=O)N(c2ccc(OCC#N)cc2)C2(CCN(C(=O)CNC(=O)c3cc(C(F)(F)F)ccc3F)CC2)C1=O. The molecule has 5 amide bonds. The molecule has 210 valence electrons. The first-order chi connectivity index (χ1) is 18.9. The third-order valence-corrected chi connectivity index (χ3v) is 6.89. The molecule has 0 atom stereocenters. The number of hydrogen-bond acceptors (Lipinski definition) is 6. The maximum Gasteiger partial charge on any atom is 0.416 e. The van der Waals surface area contributed by atoms with Gasteiger partial charge >= 0.3 is 12.2 Å². The fourth-order valence-corrected chi connectivity index (χ4v) is 4.79. The molecule has 2 aliphatic heterocycles. The van der Waals surface area contributed by atoms with Crippen molar-refractivity contribution in [2.75, 3.05) is 38.2 Å². The zero-order valence-electron chi connectivity index (χ0n) is 21.1. The lowest BCUT2D eigenvalue weighted by atomic mass is 9.85. The van der Waals surface area contributed by atoms with Crippen LogP contribution >= 0.6 is 0 Å². The number of carbonyl (C=O) groups is 4. The molecule has 0 aliphatic carbocycles. The lowest BCUT2D eigenvalue weighted by Gasteiger charge is -2.42. The Labute approximate surface area is 225 Å². The highest BCUT2D eigenvalue weighted by atomic mass is 19.4. The molecule has 2 aliphatic rings. The van der Waals surface area contributed by atoms with Gasteiger partial charge in [0.1, 0.15) is 23.2 Å². The van der Waals surface area contributed by atoms with Gasteiger partial charge in [0, 0.05) is 25.8 Å². The number of imide groups is 1. The van der Waals surface area contributed by atoms with Gasteiger partial charge in [-0.05, 0) is 55.3 Å². The van der Waals surface area contributed by atoms with Crippen molar-refractivity contribution in [2.45, 2.75) is 24.6 Å². The Kier molecular flexibility index (Phi) is 7.68. The summed E-state index contributed by atoms with van der Waals surface area (Å²) in [6, 6.07) is 8.99. The van der Waals surface area contributed by atoms with Crippen LogP contribution in [0.25, 0.3) is 0 Å². The van der Waals surface area contributed by atoms with E-state index in [-0.39, 0.29) is 32.5 Å². The van der Waals surface area contributed by atoms with Crippen molar-refractivity contribution in [1.82, 2.24) is 15.1 Å². The molecule has 1 N–H and O–H groups in total. The van der Waals surface area contributed by atoms with Crippen LogP contribution in [0, 0.1) is 17.1 Å². The fraction of sp³-hybridized carbons (Fsp3) is 0.346. The smallest absolute Gasteiger partial charge is 0.416 e. The highest BCUT2D eigenvalue weighted by Crippen LogP contribution is 2.40. The van der Waals surface area contributed by atoms with Gasteiger partial charge in [0.25, 0.3) is 11.8 Å². The minimum atomic E-state index is -4.78. The Hall–Kier alpha value is -4.67. The minimum absolute atomic E-state index is 0.0410. The maximum absolute atomic E-state index is 14.0. The number of amides is 5. The molecule has 2 saturated heterocycles. The Bertz CT molecular complexity index is 1380. The average molecular weight is 561 g/mol. The highest BCUT2D eigenvalue weighted by Gasteiger charge is 2.57. The molecule has 2 aromatic rings. The number of likely N-dealkylation sites (N-methyl/N-ethyl adjacent to an activating group) is 1. The number of alkyl halides is 3. The van der Waals surface area contributed by atoms with Crippen molar-refractivity contribution >= 4 is 29.4 Å². The molecule has 1 spiro atoms. The summed E-state index contributed by atoms with van der Waals surface area (Å²) >= 11 is 0. The predicted octanol–water partition coefficient (Wildman–Crippen LogP) is 2.94. The van der Waals surface area contributed by atoms with Crippen LogP contribution in [0.1, 0.15) is 28.8 Å². The third kappa shape index (κ3) is 5.27. The molecule has 0 saturated carbocycles. The molecule has 10 nitrogen and oxygen atoms in total. The van der Waals surface area contributed by atoms with Crippen LogP contribution in [-0.4, -0.2) is 72.4 Å². The van der Waals surface area contributed by atoms with E-state index in [0.717, 1.165) is 4.90 Å². The van der Waals surface area contributed by atoms with Gasteiger partial charge in [0.05, 0.1) is 17.7 Å². The lowest BCUT2D eigenvalue weighted by Crippen LogP contribution is -2.58. The Balaban J connectivity index is 1.43. The molecule has 0 radical (unpaired) electrons. The summed E-state index contributed by atoms with van der Waals surface area (Å²) in [6.45, 7) is -0.687. The first-order valence-corrected chi connectivity index (χ1v) is 12.0. The van der Waals surface area contributed by atoms with E-state index < -0.39 is 59.0 Å². The van der Waals surface area contributed by atoms with Crippen LogP contribution in [0.15, 0.2) is 42.5 Å². The second-order valence-corrected chi connectivity index (χ2v) is 9.21. The number of likely N-dealkylation sites (tertiary alicyclic amines) is 1. The van der Waals surface area contributed by atoms with Gasteiger partial charge in [-0.3, -0.25) is 24.2 Å². The topological polar surface area (TPSA) is 123 Å². The van der Waals surface area contributed by atoms with Crippen LogP contribution < -0.4 is 15.0 Å². The minimum Gasteiger partial charge on any atom is -0.479 e. The average Bonchev–Trinajstić information content (AvgIpc) is 3.11. The summed E-state index contributed by atoms with van der Waals surface area (Å²) in [4.78, 5) is 55.0. The van der Waals surface area contributed by atoms with E-state index in [4.69, 9.17) is 10.00 Å². The maximum atomic E-state index is 14.0. The molecule has 0 bridgehead atoms. The largest absolute Gasteiger partial charge is 0.479 e. The molecule has 2 fully saturated rings. The second kappa shape index (κ2) is 10.8. The summed E-state index contributed by atoms with van der Waals surface area (Å²) in [5.41, 5.74) is -2.90. The van der Waals surface area contributed by atoms with E-state index in [2.05, 4.69) is 5.32 Å². The van der Waals surface area contributed by atoms with Gasteiger partial charge < -0.3 is 15.0 Å². The Morgan fingerprint density at radius 2 is 1.75 bits per heavy atom. The number of ether oxygens (including phenoxy) is 1. The van der Waals surface area contributed by atoms with Crippen molar-refractivity contribution in [3.8, 4) is 11.8 Å². The van der Waals surface area contributed by atoms with Gasteiger partial charge in [-0.1, -0.05) is 0 Å². The number of anilines is 1. The summed E-state index contributed by atoms with van der Waals surface area (Å²) in [6.07, 6.45) is -4.62. The number of piperidine rings is 1. The van der Waals surface area contributed by atoms with Crippen molar-refractivity contribution in [3.63, 3.8) is 0 Å². The summed E-state index contributed by atoms with van der Waals surface area (Å²) in [5, 5.41) is 10.8. The third-order valence-electron chi connectivity index (χ3n) is 6.89. The number of hydrogen-bond donors (Lipinski definition) is 1. The van der Waals surface area contributed by atoms with E-state index >= 15 is 0 Å². The molecule has 4 rings (SSSR count). The number of halogens is 4. The summed E-state index contributed by atoms with van der Waals surface area (Å²) in [5.74, 6) is -2.99. The fourth-order valence-electron chi connectivity index (χ4n) is 4.79. The first-order valence-electron chi connectivity index (χ1n) is 12.0. The number of carbonyl (C=O) groups excluding carboxylic acids is 4. The number of benzene rings is 2. The van der Waals surface area contributed by atoms with E-state index in [0.29, 0.717) is 29.6 Å². The van der Waals surface area contributed by atoms with E-state index in [1.165, 1.54) is 16.8 Å². The monoisotopic (exact) mass is 561 g/mol. The van der Waals surface area contributed by atoms with Gasteiger partial charge in [-0.25, -0.2) is 9.18 Å². The number of nitrogens with one attached hydrogen (secondary N) is 1. The number of rotatable bonds is 6. The quantitative estimate of drug-likeness (QED) is 0.428. The molecule has 2 heterocycles. The Morgan fingerprint density at radius 3 is 2.35 bits per heavy atom. The van der Waals surface area contributed by atoms with Crippen molar-refractivity contribution in [1.29, 1.82) is 5.26 Å². The number of nitriles is 1. The van der Waals surface area contributed by atoms with E-state index in [1.807, 2.05) is 6.07 Å². The second-order valence-electron chi connectivity index (χ2n) is 9.21. The van der Waals surface area contributed by atoms with E-state index in [1.54, 1.807) is 24.3 Å². The van der Waals surface area contributed by atoms with Crippen LogP contribution in [0.3, 0.4) is 0 Å².